The molecule has 0 unspecified atom stereocenters. The molecule has 0 fully saturated rings. The summed E-state index contributed by atoms with van der Waals surface area (Å²) in [6, 6.07) is 13.9. The van der Waals surface area contributed by atoms with Crippen LogP contribution in [0.3, 0.4) is 0 Å². The number of ketones is 1. The van der Waals surface area contributed by atoms with Gasteiger partial charge >= 0.3 is 0 Å². The van der Waals surface area contributed by atoms with Crippen LogP contribution in [0, 0.1) is 0 Å². The van der Waals surface area contributed by atoms with Crippen molar-refractivity contribution in [3.63, 3.8) is 0 Å². The van der Waals surface area contributed by atoms with Gasteiger partial charge in [-0.3, -0.25) is 4.79 Å². The lowest BCUT2D eigenvalue weighted by atomic mass is 9.97. The van der Waals surface area contributed by atoms with E-state index in [1.165, 1.54) is 0 Å². The number of carbonyl (C=O) groups excluding carboxylic acids is 1. The third kappa shape index (κ3) is 3.72. The lowest BCUT2D eigenvalue weighted by Gasteiger charge is -2.10. The third-order valence-electron chi connectivity index (χ3n) is 3.59. The molecule has 1 N–H and O–H groups in total. The largest absolute Gasteiger partial charge is 0.507 e. The van der Waals surface area contributed by atoms with Crippen molar-refractivity contribution in [2.45, 2.75) is 13.3 Å². The van der Waals surface area contributed by atoms with Gasteiger partial charge in [-0.2, -0.15) is 0 Å². The number of ether oxygens (including phenoxy) is 2. The quantitative estimate of drug-likeness (QED) is 0.492. The standard InChI is InChI=1S/C19H20O4/c1-4-17(18(20)13-7-5-9-15(11-13)22-2)19(21)14-8-6-10-16(12-14)23-3/h5-12,20H,4H2,1-3H3. The lowest BCUT2D eigenvalue weighted by molar-refractivity contribution is 0.103. The Kier molecular flexibility index (Phi) is 5.41. The highest BCUT2D eigenvalue weighted by Crippen LogP contribution is 2.25. The van der Waals surface area contributed by atoms with Crippen molar-refractivity contribution in [2.24, 2.45) is 0 Å². The van der Waals surface area contributed by atoms with Gasteiger partial charge in [0, 0.05) is 16.7 Å². The number of hydrogen-bond acceptors (Lipinski definition) is 4. The second-order valence-electron chi connectivity index (χ2n) is 4.97. The Morgan fingerprint density at radius 1 is 0.957 bits per heavy atom. The molecule has 0 aromatic heterocycles. The van der Waals surface area contributed by atoms with Crippen molar-refractivity contribution < 1.29 is 19.4 Å². The molecule has 0 spiro atoms. The van der Waals surface area contributed by atoms with E-state index in [0.717, 1.165) is 0 Å². The Bertz CT molecular complexity index is 732. The van der Waals surface area contributed by atoms with E-state index in [1.807, 2.05) is 6.92 Å². The number of allylic oxidation sites excluding steroid dienone is 1. The zero-order valence-corrected chi connectivity index (χ0v) is 13.5. The molecule has 23 heavy (non-hydrogen) atoms. The number of aliphatic hydroxyl groups excluding tert-OH is 1. The first-order chi connectivity index (χ1) is 11.1. The molecule has 0 amide bonds. The van der Waals surface area contributed by atoms with Gasteiger partial charge in [0.25, 0.3) is 0 Å². The van der Waals surface area contributed by atoms with E-state index in [4.69, 9.17) is 9.47 Å². The summed E-state index contributed by atoms with van der Waals surface area (Å²) >= 11 is 0. The number of Topliss-reactive ketones (excluding diaryl/α,β-unsaturated/α-hetero) is 1. The fraction of sp³-hybridized carbons (Fsp3) is 0.211. The van der Waals surface area contributed by atoms with E-state index in [-0.39, 0.29) is 11.5 Å². The number of rotatable bonds is 6. The molecule has 4 heteroatoms. The molecule has 4 nitrogen and oxygen atoms in total. The van der Waals surface area contributed by atoms with Gasteiger partial charge in [0.05, 0.1) is 14.2 Å². The van der Waals surface area contributed by atoms with Crippen LogP contribution in [0.15, 0.2) is 54.1 Å². The third-order valence-corrected chi connectivity index (χ3v) is 3.59. The Labute approximate surface area is 136 Å². The molecule has 0 radical (unpaired) electrons. The van der Waals surface area contributed by atoms with Crippen LogP contribution < -0.4 is 9.47 Å². The van der Waals surface area contributed by atoms with Crippen LogP contribution in [0.1, 0.15) is 29.3 Å². The first kappa shape index (κ1) is 16.6. The maximum Gasteiger partial charge on any atom is 0.192 e. The second-order valence-corrected chi connectivity index (χ2v) is 4.97. The van der Waals surface area contributed by atoms with Crippen LogP contribution in [-0.4, -0.2) is 25.1 Å². The molecule has 120 valence electrons. The topological polar surface area (TPSA) is 55.8 Å². The fourth-order valence-electron chi connectivity index (χ4n) is 2.32. The Hall–Kier alpha value is -2.75. The van der Waals surface area contributed by atoms with Crippen molar-refractivity contribution in [2.75, 3.05) is 14.2 Å². The summed E-state index contributed by atoms with van der Waals surface area (Å²) in [6.07, 6.45) is 0.416. The van der Waals surface area contributed by atoms with Gasteiger partial charge in [0.15, 0.2) is 5.78 Å². The van der Waals surface area contributed by atoms with Gasteiger partial charge in [-0.1, -0.05) is 31.2 Å². The average molecular weight is 312 g/mol. The zero-order valence-electron chi connectivity index (χ0n) is 13.5. The summed E-state index contributed by atoms with van der Waals surface area (Å²) in [5.41, 5.74) is 1.39. The first-order valence-corrected chi connectivity index (χ1v) is 7.36. The first-order valence-electron chi connectivity index (χ1n) is 7.36. The molecule has 0 aliphatic rings. The summed E-state index contributed by atoms with van der Waals surface area (Å²) in [7, 11) is 3.11. The summed E-state index contributed by atoms with van der Waals surface area (Å²) in [5, 5.41) is 10.5. The maximum atomic E-state index is 12.7. The highest BCUT2D eigenvalue weighted by atomic mass is 16.5. The molecule has 2 rings (SSSR count). The highest BCUT2D eigenvalue weighted by Gasteiger charge is 2.17. The zero-order chi connectivity index (χ0) is 16.8. The van der Waals surface area contributed by atoms with E-state index in [9.17, 15) is 9.90 Å². The molecular weight excluding hydrogens is 292 g/mol. The van der Waals surface area contributed by atoms with Gasteiger partial charge < -0.3 is 14.6 Å². The minimum absolute atomic E-state index is 0.0285. The Balaban J connectivity index is 2.44. The molecule has 2 aromatic carbocycles. The van der Waals surface area contributed by atoms with Crippen LogP contribution in [-0.2, 0) is 0 Å². The van der Waals surface area contributed by atoms with Crippen molar-refractivity contribution in [1.82, 2.24) is 0 Å². The SMILES string of the molecule is CCC(C(=O)c1cccc(OC)c1)=C(O)c1cccc(OC)c1. The van der Waals surface area contributed by atoms with Crippen molar-refractivity contribution in [3.05, 3.63) is 65.2 Å². The monoisotopic (exact) mass is 312 g/mol. The number of hydrogen-bond donors (Lipinski definition) is 1. The van der Waals surface area contributed by atoms with Gasteiger partial charge in [0.1, 0.15) is 17.3 Å². The number of carbonyl (C=O) groups is 1. The van der Waals surface area contributed by atoms with E-state index < -0.39 is 0 Å². The van der Waals surface area contributed by atoms with E-state index >= 15 is 0 Å². The van der Waals surface area contributed by atoms with Gasteiger partial charge in [0.2, 0.25) is 0 Å². The summed E-state index contributed by atoms with van der Waals surface area (Å²) in [6.45, 7) is 1.84. The molecule has 0 aliphatic carbocycles. The number of methoxy groups -OCH3 is 2. The average Bonchev–Trinajstić information content (AvgIpc) is 2.62. The summed E-state index contributed by atoms with van der Waals surface area (Å²) < 4.78 is 10.3. The van der Waals surface area contributed by atoms with Gasteiger partial charge in [-0.15, -0.1) is 0 Å². The predicted octanol–water partition coefficient (Wildman–Crippen LogP) is 4.27. The molecule has 0 heterocycles. The van der Waals surface area contributed by atoms with Crippen LogP contribution in [0.25, 0.3) is 5.76 Å². The molecule has 0 saturated carbocycles. The highest BCUT2D eigenvalue weighted by molar-refractivity contribution is 6.12. The van der Waals surface area contributed by atoms with Gasteiger partial charge in [-0.25, -0.2) is 0 Å². The van der Waals surface area contributed by atoms with E-state index in [1.54, 1.807) is 62.8 Å². The molecule has 0 bridgehead atoms. The van der Waals surface area contributed by atoms with Crippen molar-refractivity contribution in [1.29, 1.82) is 0 Å². The minimum Gasteiger partial charge on any atom is -0.507 e. The predicted molar refractivity (Wildman–Crippen MR) is 90.2 cm³/mol. The Morgan fingerprint density at radius 3 is 2.00 bits per heavy atom. The van der Waals surface area contributed by atoms with E-state index in [2.05, 4.69) is 0 Å². The summed E-state index contributed by atoms with van der Waals surface area (Å²) in [4.78, 5) is 12.7. The normalized spacial score (nSPS) is 11.6. The molecular formula is C19H20O4. The Morgan fingerprint density at radius 2 is 1.48 bits per heavy atom. The van der Waals surface area contributed by atoms with Crippen LogP contribution >= 0.6 is 0 Å². The molecule has 0 saturated heterocycles. The van der Waals surface area contributed by atoms with Crippen LogP contribution in [0.5, 0.6) is 11.5 Å². The van der Waals surface area contributed by atoms with E-state index in [0.29, 0.717) is 34.6 Å². The maximum absolute atomic E-state index is 12.7. The van der Waals surface area contributed by atoms with Gasteiger partial charge in [-0.05, 0) is 30.7 Å². The fourth-order valence-corrected chi connectivity index (χ4v) is 2.32. The van der Waals surface area contributed by atoms with Crippen LogP contribution in [0.4, 0.5) is 0 Å². The smallest absolute Gasteiger partial charge is 0.192 e. The summed E-state index contributed by atoms with van der Waals surface area (Å²) in [5.74, 6) is 0.983. The van der Waals surface area contributed by atoms with Crippen LogP contribution in [0.2, 0.25) is 0 Å². The minimum atomic E-state index is -0.216. The second kappa shape index (κ2) is 7.49. The molecule has 0 aliphatic heterocycles. The number of aliphatic hydroxyl groups is 1. The molecule has 2 aromatic rings. The lowest BCUT2D eigenvalue weighted by Crippen LogP contribution is -2.06. The number of benzene rings is 2. The van der Waals surface area contributed by atoms with Crippen molar-refractivity contribution >= 4 is 11.5 Å². The molecule has 0 atom stereocenters. The van der Waals surface area contributed by atoms with Crippen molar-refractivity contribution in [3.8, 4) is 11.5 Å².